The van der Waals surface area contributed by atoms with E-state index in [1.807, 2.05) is 13.8 Å². The summed E-state index contributed by atoms with van der Waals surface area (Å²) in [6.45, 7) is 3.65. The molecule has 1 aromatic carbocycles. The zero-order valence-corrected chi connectivity index (χ0v) is 18.5. The molecule has 3 aromatic rings. The van der Waals surface area contributed by atoms with Crippen LogP contribution in [0.25, 0.3) is 11.0 Å². The van der Waals surface area contributed by atoms with Crippen LogP contribution in [0.2, 0.25) is 0 Å². The molecule has 0 unspecified atom stereocenters. The van der Waals surface area contributed by atoms with Crippen LogP contribution in [0.4, 0.5) is 0 Å². The Morgan fingerprint density at radius 2 is 1.81 bits per heavy atom. The summed E-state index contributed by atoms with van der Waals surface area (Å²) in [6, 6.07) is 6.31. The zero-order chi connectivity index (χ0) is 22.7. The van der Waals surface area contributed by atoms with Crippen molar-refractivity contribution in [2.45, 2.75) is 26.3 Å². The van der Waals surface area contributed by atoms with Crippen molar-refractivity contribution in [3.8, 4) is 11.5 Å². The Hall–Kier alpha value is -3.62. The lowest BCUT2D eigenvalue weighted by atomic mass is 10.0. The minimum Gasteiger partial charge on any atom is -0.493 e. The number of pyridine rings is 1. The van der Waals surface area contributed by atoms with Crippen LogP contribution in [0.1, 0.15) is 39.8 Å². The second kappa shape index (κ2) is 9.03. The molecule has 3 rings (SSSR count). The molecule has 1 N–H and O–H groups in total. The summed E-state index contributed by atoms with van der Waals surface area (Å²) in [6.07, 6.45) is -0.0447. The maximum Gasteiger partial charge on any atom is 0.307 e. The number of esters is 1. The van der Waals surface area contributed by atoms with Gasteiger partial charge in [0.25, 0.3) is 5.91 Å². The van der Waals surface area contributed by atoms with E-state index in [1.165, 1.54) is 14.2 Å². The molecule has 9 nitrogen and oxygen atoms in total. The molecule has 0 aliphatic rings. The largest absolute Gasteiger partial charge is 0.493 e. The van der Waals surface area contributed by atoms with Gasteiger partial charge in [0.2, 0.25) is 0 Å². The average Bonchev–Trinajstić information content (AvgIpc) is 3.04. The number of nitrogens with one attached hydrogen (secondary N) is 1. The summed E-state index contributed by atoms with van der Waals surface area (Å²) < 4.78 is 17.1. The first-order valence-electron chi connectivity index (χ1n) is 9.69. The smallest absolute Gasteiger partial charge is 0.307 e. The van der Waals surface area contributed by atoms with Gasteiger partial charge in [0.15, 0.2) is 17.1 Å². The number of fused-ring (bicyclic) bond motifs is 1. The van der Waals surface area contributed by atoms with Gasteiger partial charge in [-0.1, -0.05) is 6.07 Å². The van der Waals surface area contributed by atoms with E-state index in [9.17, 15) is 9.59 Å². The van der Waals surface area contributed by atoms with E-state index in [0.717, 1.165) is 0 Å². The molecule has 1 atom stereocenters. The lowest BCUT2D eigenvalue weighted by Crippen LogP contribution is -2.31. The number of ether oxygens (including phenoxy) is 3. The van der Waals surface area contributed by atoms with Gasteiger partial charge >= 0.3 is 5.97 Å². The average molecular weight is 426 g/mol. The van der Waals surface area contributed by atoms with Crippen molar-refractivity contribution in [1.29, 1.82) is 0 Å². The molecule has 2 heterocycles. The van der Waals surface area contributed by atoms with Gasteiger partial charge in [-0.3, -0.25) is 14.3 Å². The molecular weight excluding hydrogens is 400 g/mol. The summed E-state index contributed by atoms with van der Waals surface area (Å²) >= 11 is 0. The van der Waals surface area contributed by atoms with Crippen LogP contribution >= 0.6 is 0 Å². The van der Waals surface area contributed by atoms with Crippen molar-refractivity contribution in [3.63, 3.8) is 0 Å². The van der Waals surface area contributed by atoms with E-state index in [2.05, 4.69) is 15.4 Å². The van der Waals surface area contributed by atoms with Crippen molar-refractivity contribution >= 4 is 22.9 Å². The Morgan fingerprint density at radius 3 is 2.45 bits per heavy atom. The fraction of sp³-hybridized carbons (Fsp3) is 0.364. The van der Waals surface area contributed by atoms with Gasteiger partial charge in [0, 0.05) is 12.7 Å². The van der Waals surface area contributed by atoms with Crippen LogP contribution in [0.5, 0.6) is 11.5 Å². The quantitative estimate of drug-likeness (QED) is 0.579. The third kappa shape index (κ3) is 4.45. The van der Waals surface area contributed by atoms with E-state index < -0.39 is 12.0 Å². The lowest BCUT2D eigenvalue weighted by molar-refractivity contribution is -0.141. The summed E-state index contributed by atoms with van der Waals surface area (Å²) in [5.41, 5.74) is 3.14. The van der Waals surface area contributed by atoms with Crippen LogP contribution in [0.3, 0.4) is 0 Å². The predicted molar refractivity (Wildman–Crippen MR) is 114 cm³/mol. The van der Waals surface area contributed by atoms with Crippen molar-refractivity contribution in [3.05, 3.63) is 46.8 Å². The number of rotatable bonds is 7. The molecule has 0 radical (unpaired) electrons. The number of amides is 1. The Balaban J connectivity index is 2.02. The second-order valence-corrected chi connectivity index (χ2v) is 7.14. The lowest BCUT2D eigenvalue weighted by Gasteiger charge is -2.20. The number of hydrogen-bond acceptors (Lipinski definition) is 7. The molecule has 0 fully saturated rings. The second-order valence-electron chi connectivity index (χ2n) is 7.14. The highest BCUT2D eigenvalue weighted by molar-refractivity contribution is 6.06. The Kier molecular flexibility index (Phi) is 6.43. The van der Waals surface area contributed by atoms with E-state index >= 15 is 0 Å². The number of nitrogens with zero attached hydrogens (tertiary/aromatic N) is 3. The molecule has 0 spiro atoms. The van der Waals surface area contributed by atoms with Gasteiger partial charge in [-0.05, 0) is 37.6 Å². The van der Waals surface area contributed by atoms with E-state index in [-0.39, 0.29) is 12.3 Å². The maximum absolute atomic E-state index is 13.3. The number of hydrogen-bond donors (Lipinski definition) is 1. The Bertz CT molecular complexity index is 1140. The summed E-state index contributed by atoms with van der Waals surface area (Å²) in [4.78, 5) is 29.9. The van der Waals surface area contributed by atoms with E-state index in [0.29, 0.717) is 45.0 Å². The predicted octanol–water partition coefficient (Wildman–Crippen LogP) is 2.64. The molecule has 0 saturated carbocycles. The van der Waals surface area contributed by atoms with Crippen LogP contribution < -0.4 is 14.8 Å². The number of aryl methyl sites for hydroxylation is 3. The first kappa shape index (κ1) is 22.1. The van der Waals surface area contributed by atoms with Crippen LogP contribution in [0, 0.1) is 13.8 Å². The summed E-state index contributed by atoms with van der Waals surface area (Å²) in [5.74, 6) is 0.255. The van der Waals surface area contributed by atoms with Gasteiger partial charge in [-0.25, -0.2) is 4.98 Å². The molecule has 9 heteroatoms. The zero-order valence-electron chi connectivity index (χ0n) is 18.5. The number of carbonyl (C=O) groups excluding carboxylic acids is 2. The molecule has 0 aliphatic carbocycles. The van der Waals surface area contributed by atoms with Crippen molar-refractivity contribution < 1.29 is 23.8 Å². The van der Waals surface area contributed by atoms with Gasteiger partial charge < -0.3 is 19.5 Å². The molecule has 1 amide bonds. The van der Waals surface area contributed by atoms with Gasteiger partial charge in [-0.2, -0.15) is 5.10 Å². The third-order valence-electron chi connectivity index (χ3n) is 5.06. The van der Waals surface area contributed by atoms with Gasteiger partial charge in [-0.15, -0.1) is 0 Å². The minimum absolute atomic E-state index is 0.0447. The molecule has 2 aromatic heterocycles. The number of aromatic nitrogens is 3. The molecule has 0 bridgehead atoms. The first-order valence-corrected chi connectivity index (χ1v) is 9.69. The third-order valence-corrected chi connectivity index (χ3v) is 5.06. The van der Waals surface area contributed by atoms with Gasteiger partial charge in [0.05, 0.1) is 50.4 Å². The van der Waals surface area contributed by atoms with Crippen LogP contribution in [-0.4, -0.2) is 48.0 Å². The number of methoxy groups -OCH3 is 3. The highest BCUT2D eigenvalue weighted by atomic mass is 16.5. The first-order chi connectivity index (χ1) is 14.8. The van der Waals surface area contributed by atoms with Crippen LogP contribution in [0.15, 0.2) is 24.3 Å². The molecule has 0 aliphatic heterocycles. The van der Waals surface area contributed by atoms with Crippen LogP contribution in [-0.2, 0) is 16.6 Å². The standard InChI is InChI=1S/C22H26N4O5/c1-12-9-15(20-13(2)25-26(3)21(20)23-12)22(28)24-16(11-19(27)31-6)14-7-8-17(29-4)18(10-14)30-5/h7-10,16H,11H2,1-6H3,(H,24,28)/t16-/m0/s1. The van der Waals surface area contributed by atoms with Crippen molar-refractivity contribution in [2.75, 3.05) is 21.3 Å². The van der Waals surface area contributed by atoms with E-state index in [4.69, 9.17) is 14.2 Å². The molecule has 31 heavy (non-hydrogen) atoms. The summed E-state index contributed by atoms with van der Waals surface area (Å²) in [5, 5.41) is 8.02. The number of benzene rings is 1. The fourth-order valence-electron chi connectivity index (χ4n) is 3.56. The SMILES string of the molecule is COC(=O)C[C@H](NC(=O)c1cc(C)nc2c1c(C)nn2C)c1ccc(OC)c(OC)c1. The van der Waals surface area contributed by atoms with Gasteiger partial charge in [0.1, 0.15) is 0 Å². The fourth-order valence-corrected chi connectivity index (χ4v) is 3.56. The van der Waals surface area contributed by atoms with Crippen molar-refractivity contribution in [2.24, 2.45) is 7.05 Å². The monoisotopic (exact) mass is 426 g/mol. The van der Waals surface area contributed by atoms with E-state index in [1.54, 1.807) is 43.1 Å². The highest BCUT2D eigenvalue weighted by Gasteiger charge is 2.24. The molecular formula is C22H26N4O5. The summed E-state index contributed by atoms with van der Waals surface area (Å²) in [7, 11) is 6.16. The Morgan fingerprint density at radius 1 is 1.10 bits per heavy atom. The maximum atomic E-state index is 13.3. The molecule has 164 valence electrons. The highest BCUT2D eigenvalue weighted by Crippen LogP contribution is 2.31. The number of carbonyl (C=O) groups is 2. The minimum atomic E-state index is -0.639. The topological polar surface area (TPSA) is 105 Å². The molecule has 0 saturated heterocycles. The van der Waals surface area contributed by atoms with Crippen molar-refractivity contribution in [1.82, 2.24) is 20.1 Å². The normalized spacial score (nSPS) is 11.8. The Labute approximate surface area is 180 Å².